The first-order chi connectivity index (χ1) is 36.0. The number of benzene rings is 10. The standard InChI is InChI=1S/C65H40N4O4/c1-37-66-59-53(68(39-19-5-3-6-20-39)51-31-17-27-45-43-25-11-15-33-55(43)72-61(45)51)35-49-57(63(59)70-37)58-50(65(49)47-29-13-9-23-41(47)42-24-10-14-30-48(42)65)36-54(60-64(58)71-38(2)67-60)69(40-21-7-4-8-22-40)52-32-18-28-46-44-26-12-16-34-56(44)73-62(46)52/h3-36H,1-2H3. The molecule has 16 rings (SSSR count). The third-order valence-electron chi connectivity index (χ3n) is 15.3. The number of anilines is 6. The molecule has 0 saturated heterocycles. The summed E-state index contributed by atoms with van der Waals surface area (Å²) in [6.07, 6.45) is 0. The second-order valence-corrected chi connectivity index (χ2v) is 19.1. The molecule has 344 valence electrons. The molecule has 0 amide bonds. The third-order valence-corrected chi connectivity index (χ3v) is 15.3. The first kappa shape index (κ1) is 40.1. The minimum Gasteiger partial charge on any atom is -0.454 e. The van der Waals surface area contributed by atoms with Crippen LogP contribution in [-0.4, -0.2) is 9.97 Å². The van der Waals surface area contributed by atoms with Gasteiger partial charge in [0.05, 0.1) is 28.2 Å². The molecule has 14 aromatic rings. The van der Waals surface area contributed by atoms with E-state index in [0.717, 1.165) is 111 Å². The van der Waals surface area contributed by atoms with Crippen molar-refractivity contribution in [1.29, 1.82) is 0 Å². The number of nitrogens with zero attached hydrogens (tertiary/aromatic N) is 4. The Morgan fingerprint density at radius 1 is 0.342 bits per heavy atom. The number of aromatic nitrogens is 2. The lowest BCUT2D eigenvalue weighted by atomic mass is 9.70. The number of hydrogen-bond acceptors (Lipinski definition) is 8. The Balaban J connectivity index is 1.06. The van der Waals surface area contributed by atoms with Crippen LogP contribution in [0.5, 0.6) is 0 Å². The molecule has 0 aliphatic heterocycles. The van der Waals surface area contributed by atoms with Gasteiger partial charge in [-0.05, 0) is 94.0 Å². The van der Waals surface area contributed by atoms with Crippen LogP contribution >= 0.6 is 0 Å². The molecule has 1 spiro atoms. The summed E-state index contributed by atoms with van der Waals surface area (Å²) in [6.45, 7) is 3.87. The van der Waals surface area contributed by atoms with Gasteiger partial charge >= 0.3 is 0 Å². The van der Waals surface area contributed by atoms with Gasteiger partial charge in [0.15, 0.2) is 34.1 Å². The maximum absolute atomic E-state index is 7.05. The molecule has 0 radical (unpaired) electrons. The maximum Gasteiger partial charge on any atom is 0.192 e. The Hall–Kier alpha value is -9.66. The lowest BCUT2D eigenvalue weighted by molar-refractivity contribution is 0.558. The van der Waals surface area contributed by atoms with Crippen LogP contribution in [0.1, 0.15) is 34.0 Å². The van der Waals surface area contributed by atoms with Gasteiger partial charge in [0, 0.05) is 57.9 Å². The summed E-state index contributed by atoms with van der Waals surface area (Å²) >= 11 is 0. The van der Waals surface area contributed by atoms with Crippen LogP contribution in [0.3, 0.4) is 0 Å². The first-order valence-corrected chi connectivity index (χ1v) is 24.6. The second-order valence-electron chi connectivity index (χ2n) is 19.1. The number of fused-ring (bicyclic) bond motifs is 20. The molecule has 10 aromatic carbocycles. The molecule has 8 nitrogen and oxygen atoms in total. The third kappa shape index (κ3) is 5.33. The van der Waals surface area contributed by atoms with Gasteiger partial charge in [-0.3, -0.25) is 0 Å². The quantitative estimate of drug-likeness (QED) is 0.163. The summed E-state index contributed by atoms with van der Waals surface area (Å²) in [5, 5.41) is 4.17. The molecule has 2 aliphatic rings. The first-order valence-electron chi connectivity index (χ1n) is 24.6. The van der Waals surface area contributed by atoms with E-state index in [9.17, 15) is 0 Å². The van der Waals surface area contributed by atoms with Crippen LogP contribution in [-0.2, 0) is 5.41 Å². The molecule has 2 aliphatic carbocycles. The smallest absolute Gasteiger partial charge is 0.192 e. The van der Waals surface area contributed by atoms with Crippen LogP contribution in [0.2, 0.25) is 0 Å². The summed E-state index contributed by atoms with van der Waals surface area (Å²) in [4.78, 5) is 15.2. The molecule has 73 heavy (non-hydrogen) atoms. The molecule has 0 N–H and O–H groups in total. The van der Waals surface area contributed by atoms with Crippen LogP contribution in [0.25, 0.3) is 88.3 Å². The normalized spacial score (nSPS) is 13.2. The molecular weight excluding hydrogens is 901 g/mol. The topological polar surface area (TPSA) is 84.8 Å². The van der Waals surface area contributed by atoms with Gasteiger partial charge in [-0.2, -0.15) is 0 Å². The van der Waals surface area contributed by atoms with Crippen molar-refractivity contribution in [1.82, 2.24) is 9.97 Å². The molecule has 4 aromatic heterocycles. The van der Waals surface area contributed by atoms with Crippen molar-refractivity contribution in [3.05, 3.63) is 240 Å². The van der Waals surface area contributed by atoms with E-state index in [1.807, 2.05) is 38.1 Å². The monoisotopic (exact) mass is 940 g/mol. The van der Waals surface area contributed by atoms with Crippen molar-refractivity contribution in [2.24, 2.45) is 0 Å². The Morgan fingerprint density at radius 2 is 0.740 bits per heavy atom. The summed E-state index contributed by atoms with van der Waals surface area (Å²) in [7, 11) is 0. The Morgan fingerprint density at radius 3 is 1.21 bits per heavy atom. The molecule has 0 atom stereocenters. The van der Waals surface area contributed by atoms with E-state index in [4.69, 9.17) is 27.6 Å². The summed E-state index contributed by atoms with van der Waals surface area (Å²) in [6, 6.07) is 72.7. The lowest BCUT2D eigenvalue weighted by Crippen LogP contribution is -2.26. The number of para-hydroxylation sites is 6. The summed E-state index contributed by atoms with van der Waals surface area (Å²) < 4.78 is 27.8. The van der Waals surface area contributed by atoms with Crippen LogP contribution in [0.15, 0.2) is 224 Å². The second kappa shape index (κ2) is 14.7. The largest absolute Gasteiger partial charge is 0.454 e. The van der Waals surface area contributed by atoms with E-state index >= 15 is 0 Å². The zero-order chi connectivity index (χ0) is 48.1. The molecule has 0 bridgehead atoms. The van der Waals surface area contributed by atoms with E-state index in [1.165, 1.54) is 11.1 Å². The number of oxazole rings is 2. The Labute approximate surface area is 417 Å². The highest BCUT2D eigenvalue weighted by molar-refractivity contribution is 6.18. The van der Waals surface area contributed by atoms with Crippen LogP contribution in [0, 0.1) is 13.8 Å². The van der Waals surface area contributed by atoms with Gasteiger partial charge in [-0.15, -0.1) is 0 Å². The van der Waals surface area contributed by atoms with Crippen LogP contribution < -0.4 is 9.80 Å². The molecule has 0 saturated carbocycles. The number of aryl methyl sites for hydroxylation is 2. The van der Waals surface area contributed by atoms with Gasteiger partial charge in [-0.1, -0.05) is 146 Å². The molecule has 0 unspecified atom stereocenters. The van der Waals surface area contributed by atoms with E-state index < -0.39 is 5.41 Å². The fraction of sp³-hybridized carbons (Fsp3) is 0.0462. The van der Waals surface area contributed by atoms with Gasteiger partial charge in [-0.25, -0.2) is 9.97 Å². The molecule has 8 heteroatoms. The Kier molecular flexibility index (Phi) is 8.07. The van der Waals surface area contributed by atoms with Gasteiger partial charge in [0.1, 0.15) is 22.2 Å². The van der Waals surface area contributed by atoms with E-state index in [-0.39, 0.29) is 0 Å². The van der Waals surface area contributed by atoms with E-state index in [0.29, 0.717) is 34.0 Å². The SMILES string of the molecule is Cc1nc2c(N(c3ccccc3)c3cccc4c3oc3ccccc34)cc3c(c2o1)-c1c(cc(N(c2ccccc2)c2cccc4c2oc2ccccc24)c2nc(C)oc12)C31c2ccccc2-c2ccccc21. The van der Waals surface area contributed by atoms with Crippen molar-refractivity contribution in [3.8, 4) is 22.3 Å². The fourth-order valence-electron chi connectivity index (χ4n) is 12.5. The zero-order valence-corrected chi connectivity index (χ0v) is 39.6. The number of rotatable bonds is 6. The predicted octanol–water partition coefficient (Wildman–Crippen LogP) is 17.7. The highest BCUT2D eigenvalue weighted by Gasteiger charge is 2.55. The van der Waals surface area contributed by atoms with Gasteiger partial charge in [0.25, 0.3) is 0 Å². The fourth-order valence-corrected chi connectivity index (χ4v) is 12.5. The van der Waals surface area contributed by atoms with Gasteiger partial charge in [0.2, 0.25) is 0 Å². The summed E-state index contributed by atoms with van der Waals surface area (Å²) in [5.74, 6) is 1.09. The summed E-state index contributed by atoms with van der Waals surface area (Å²) in [5.41, 5.74) is 19.1. The van der Waals surface area contributed by atoms with E-state index in [2.05, 4.69) is 192 Å². The maximum atomic E-state index is 7.05. The van der Waals surface area contributed by atoms with Gasteiger partial charge < -0.3 is 27.5 Å². The number of hydrogen-bond donors (Lipinski definition) is 0. The average Bonchev–Trinajstić information content (AvgIpc) is 4.30. The van der Waals surface area contributed by atoms with Crippen LogP contribution in [0.4, 0.5) is 34.1 Å². The van der Waals surface area contributed by atoms with Crippen molar-refractivity contribution in [3.63, 3.8) is 0 Å². The number of furan rings is 2. The zero-order valence-electron chi connectivity index (χ0n) is 39.6. The minimum atomic E-state index is -0.882. The van der Waals surface area contributed by atoms with Crippen molar-refractivity contribution in [2.75, 3.05) is 9.80 Å². The molecular formula is C65H40N4O4. The lowest BCUT2D eigenvalue weighted by Gasteiger charge is -2.33. The van der Waals surface area contributed by atoms with E-state index in [1.54, 1.807) is 0 Å². The highest BCUT2D eigenvalue weighted by Crippen LogP contribution is 2.67. The highest BCUT2D eigenvalue weighted by atomic mass is 16.4. The molecule has 0 fully saturated rings. The van der Waals surface area contributed by atoms with Crippen molar-refractivity contribution < 1.29 is 17.7 Å². The van der Waals surface area contributed by atoms with Crippen molar-refractivity contribution >= 4 is 100 Å². The Bertz CT molecular complexity index is 4320. The predicted molar refractivity (Wildman–Crippen MR) is 291 cm³/mol. The van der Waals surface area contributed by atoms with Crippen molar-refractivity contribution in [2.45, 2.75) is 19.3 Å². The molecule has 4 heterocycles. The average molecular weight is 941 g/mol. The minimum absolute atomic E-state index is 0.546.